The van der Waals surface area contributed by atoms with Crippen molar-refractivity contribution in [2.24, 2.45) is 0 Å². The van der Waals surface area contributed by atoms with Gasteiger partial charge in [-0.05, 0) is 84.3 Å². The molecule has 0 saturated carbocycles. The Morgan fingerprint density at radius 1 is 0.878 bits per heavy atom. The maximum atomic E-state index is 13.5. The molecular weight excluding hydrogens is 565 g/mol. The van der Waals surface area contributed by atoms with E-state index in [9.17, 15) is 22.4 Å². The molecule has 3 aromatic carbocycles. The van der Waals surface area contributed by atoms with Gasteiger partial charge in [-0.15, -0.1) is 0 Å². The fraction of sp³-hybridized carbons (Fsp3) is 0.133. The minimum atomic E-state index is -3.92. The van der Waals surface area contributed by atoms with Crippen molar-refractivity contribution in [1.29, 1.82) is 0 Å². The lowest BCUT2D eigenvalue weighted by Gasteiger charge is -2.14. The molecule has 0 fully saturated rings. The fourth-order valence-corrected chi connectivity index (χ4v) is 6.10. The maximum Gasteiger partial charge on any atom is 0.278 e. The van der Waals surface area contributed by atoms with E-state index in [2.05, 4.69) is 23.9 Å². The first-order valence-electron chi connectivity index (χ1n) is 12.7. The van der Waals surface area contributed by atoms with Crippen molar-refractivity contribution < 1.29 is 26.8 Å². The van der Waals surface area contributed by atoms with Crippen molar-refractivity contribution in [3.8, 4) is 0 Å². The molecule has 0 aliphatic carbocycles. The van der Waals surface area contributed by atoms with Crippen LogP contribution < -0.4 is 10.0 Å². The van der Waals surface area contributed by atoms with Crippen molar-refractivity contribution in [2.45, 2.75) is 36.1 Å². The summed E-state index contributed by atoms with van der Waals surface area (Å²) in [5.41, 5.74) is 2.23. The molecule has 2 N–H and O–H groups in total. The normalized spacial score (nSPS) is 13.8. The van der Waals surface area contributed by atoms with Gasteiger partial charge in [-0.25, -0.2) is 12.8 Å². The van der Waals surface area contributed by atoms with Crippen LogP contribution in [-0.2, 0) is 26.2 Å². The number of nitrogens with zero attached hydrogens (tertiary/aromatic N) is 1. The van der Waals surface area contributed by atoms with Crippen LogP contribution in [0.1, 0.15) is 31.1 Å². The highest BCUT2D eigenvalue weighted by atomic mass is 32.2. The summed E-state index contributed by atoms with van der Waals surface area (Å²) >= 11 is 1.10. The number of halogens is 1. The number of furan rings is 1. The van der Waals surface area contributed by atoms with Crippen molar-refractivity contribution in [2.75, 3.05) is 10.0 Å². The zero-order chi connectivity index (χ0) is 29.1. The van der Waals surface area contributed by atoms with Gasteiger partial charge in [0.2, 0.25) is 0 Å². The number of carbonyl (C=O) groups is 2. The van der Waals surface area contributed by atoms with Crippen molar-refractivity contribution in [3.05, 3.63) is 119 Å². The number of thioether (sulfide) groups is 1. The summed E-state index contributed by atoms with van der Waals surface area (Å²) in [5, 5.41) is 3.13. The highest BCUT2D eigenvalue weighted by Gasteiger charge is 2.39. The van der Waals surface area contributed by atoms with Gasteiger partial charge in [0.05, 0.1) is 17.7 Å². The quantitative estimate of drug-likeness (QED) is 0.208. The SMILES string of the molecule is CC(C)c1ccc(NC2=C(Sc3ccc(NS(=O)(=O)c4ccc(F)cc4)cc3)C(=O)N(Cc3ccco3)C2=O)cc1. The summed E-state index contributed by atoms with van der Waals surface area (Å²) in [4.78, 5) is 28.7. The van der Waals surface area contributed by atoms with Crippen molar-refractivity contribution >= 4 is 45.0 Å². The summed E-state index contributed by atoms with van der Waals surface area (Å²) in [7, 11) is -3.92. The second kappa shape index (κ2) is 11.6. The summed E-state index contributed by atoms with van der Waals surface area (Å²) in [5.74, 6) is -0.680. The van der Waals surface area contributed by atoms with E-state index >= 15 is 0 Å². The number of rotatable bonds is 10. The van der Waals surface area contributed by atoms with E-state index in [-0.39, 0.29) is 27.7 Å². The first kappa shape index (κ1) is 28.2. The molecule has 210 valence electrons. The smallest absolute Gasteiger partial charge is 0.278 e. The van der Waals surface area contributed by atoms with Crippen LogP contribution in [0.25, 0.3) is 0 Å². The zero-order valence-corrected chi connectivity index (χ0v) is 23.8. The lowest BCUT2D eigenvalue weighted by molar-refractivity contribution is -0.138. The second-order valence-corrected chi connectivity index (χ2v) is 12.3. The van der Waals surface area contributed by atoms with E-state index in [0.717, 1.165) is 34.4 Å². The van der Waals surface area contributed by atoms with E-state index in [4.69, 9.17) is 4.42 Å². The summed E-state index contributed by atoms with van der Waals surface area (Å²) in [6.07, 6.45) is 1.48. The number of imide groups is 1. The molecule has 0 spiro atoms. The van der Waals surface area contributed by atoms with E-state index in [0.29, 0.717) is 22.3 Å². The van der Waals surface area contributed by atoms with Crippen LogP contribution in [0.4, 0.5) is 15.8 Å². The molecule has 1 aromatic heterocycles. The van der Waals surface area contributed by atoms with Gasteiger partial charge in [-0.2, -0.15) is 0 Å². The predicted molar refractivity (Wildman–Crippen MR) is 155 cm³/mol. The number of amides is 2. The summed E-state index contributed by atoms with van der Waals surface area (Å²) < 4.78 is 46.3. The maximum absolute atomic E-state index is 13.5. The Morgan fingerprint density at radius 3 is 2.15 bits per heavy atom. The third-order valence-electron chi connectivity index (χ3n) is 6.32. The Balaban J connectivity index is 1.39. The van der Waals surface area contributed by atoms with Gasteiger partial charge in [0, 0.05) is 16.3 Å². The van der Waals surface area contributed by atoms with Gasteiger partial charge < -0.3 is 9.73 Å². The van der Waals surface area contributed by atoms with Crippen LogP contribution >= 0.6 is 11.8 Å². The monoisotopic (exact) mass is 591 g/mol. The van der Waals surface area contributed by atoms with Gasteiger partial charge in [0.15, 0.2) is 0 Å². The largest absolute Gasteiger partial charge is 0.467 e. The Labute approximate surface area is 241 Å². The Kier molecular flexibility index (Phi) is 8.00. The van der Waals surface area contributed by atoms with E-state index < -0.39 is 27.7 Å². The van der Waals surface area contributed by atoms with Crippen LogP contribution in [0.3, 0.4) is 0 Å². The predicted octanol–water partition coefficient (Wildman–Crippen LogP) is 6.33. The minimum absolute atomic E-state index is 0.0176. The lowest BCUT2D eigenvalue weighted by Crippen LogP contribution is -2.31. The molecule has 5 rings (SSSR count). The van der Waals surface area contributed by atoms with E-state index in [1.807, 2.05) is 24.3 Å². The molecule has 0 saturated heterocycles. The van der Waals surface area contributed by atoms with Gasteiger partial charge in [-0.3, -0.25) is 19.2 Å². The van der Waals surface area contributed by atoms with Gasteiger partial charge >= 0.3 is 0 Å². The minimum Gasteiger partial charge on any atom is -0.467 e. The van der Waals surface area contributed by atoms with Crippen LogP contribution in [0.2, 0.25) is 0 Å². The standard InChI is InChI=1S/C30H26FN3O5S2/c1-19(2)20-5-9-22(10-6-20)32-27-28(30(36)34(29(27)35)18-24-4-3-17-39-24)40-25-13-11-23(12-14-25)33-41(37,38)26-15-7-21(31)8-16-26/h3-17,19,32-33H,18H2,1-2H3. The number of sulfonamides is 1. The molecule has 0 radical (unpaired) electrons. The van der Waals surface area contributed by atoms with Gasteiger partial charge in [-0.1, -0.05) is 37.7 Å². The number of nitrogens with one attached hydrogen (secondary N) is 2. The van der Waals surface area contributed by atoms with Crippen LogP contribution in [0.15, 0.2) is 116 Å². The molecule has 0 unspecified atom stereocenters. The molecule has 41 heavy (non-hydrogen) atoms. The molecule has 0 bridgehead atoms. The topological polar surface area (TPSA) is 109 Å². The molecule has 4 aromatic rings. The number of hydrogen-bond donors (Lipinski definition) is 2. The first-order chi connectivity index (χ1) is 19.6. The number of carbonyl (C=O) groups excluding carboxylic acids is 2. The molecule has 1 aliphatic heterocycles. The number of anilines is 2. The Bertz CT molecular complexity index is 1700. The fourth-order valence-electron chi connectivity index (χ4n) is 4.09. The zero-order valence-electron chi connectivity index (χ0n) is 22.1. The van der Waals surface area contributed by atoms with Gasteiger partial charge in [0.1, 0.15) is 22.2 Å². The van der Waals surface area contributed by atoms with Gasteiger partial charge in [0.25, 0.3) is 21.8 Å². The second-order valence-electron chi connectivity index (χ2n) is 9.57. The highest BCUT2D eigenvalue weighted by Crippen LogP contribution is 2.37. The molecular formula is C30H26FN3O5S2. The first-order valence-corrected chi connectivity index (χ1v) is 15.0. The molecule has 0 atom stereocenters. The van der Waals surface area contributed by atoms with Crippen LogP contribution in [0.5, 0.6) is 0 Å². The molecule has 2 heterocycles. The highest BCUT2D eigenvalue weighted by molar-refractivity contribution is 8.04. The molecule has 11 heteroatoms. The van der Waals surface area contributed by atoms with E-state index in [1.54, 1.807) is 36.4 Å². The van der Waals surface area contributed by atoms with Crippen LogP contribution in [0, 0.1) is 5.82 Å². The third-order valence-corrected chi connectivity index (χ3v) is 8.80. The third kappa shape index (κ3) is 6.36. The molecule has 8 nitrogen and oxygen atoms in total. The van der Waals surface area contributed by atoms with Crippen LogP contribution in [-0.4, -0.2) is 25.1 Å². The Hall–Kier alpha value is -4.35. The average Bonchev–Trinajstić information content (AvgIpc) is 3.54. The lowest BCUT2D eigenvalue weighted by atomic mass is 10.0. The van der Waals surface area contributed by atoms with Crippen molar-refractivity contribution in [1.82, 2.24) is 4.90 Å². The number of benzene rings is 3. The summed E-state index contributed by atoms with van der Waals surface area (Å²) in [6.45, 7) is 4.16. The average molecular weight is 592 g/mol. The molecule has 1 aliphatic rings. The molecule has 2 amide bonds. The van der Waals surface area contributed by atoms with E-state index in [1.165, 1.54) is 18.4 Å². The Morgan fingerprint density at radius 2 is 1.54 bits per heavy atom. The summed E-state index contributed by atoms with van der Waals surface area (Å²) in [6, 6.07) is 21.9. The number of hydrogen-bond acceptors (Lipinski definition) is 7. The van der Waals surface area contributed by atoms with Crippen molar-refractivity contribution in [3.63, 3.8) is 0 Å².